The number of carbonyl (C=O) groups is 1. The van der Waals surface area contributed by atoms with Crippen LogP contribution in [-0.4, -0.2) is 22.7 Å². The van der Waals surface area contributed by atoms with Gasteiger partial charge in [0.2, 0.25) is 5.91 Å². The molecule has 0 bridgehead atoms. The van der Waals surface area contributed by atoms with Crippen molar-refractivity contribution in [1.82, 2.24) is 5.32 Å². The number of phenolic OH excluding ortho intramolecular Hbond substituents is 2. The fraction of sp³-hybridized carbons (Fsp3) is 0.250. The van der Waals surface area contributed by atoms with Gasteiger partial charge in [0.25, 0.3) is 0 Å². The molecule has 0 radical (unpaired) electrons. The van der Waals surface area contributed by atoms with Crippen LogP contribution in [0.5, 0.6) is 11.5 Å². The zero-order valence-electron chi connectivity index (χ0n) is 9.16. The fourth-order valence-corrected chi connectivity index (χ4v) is 1.27. The van der Waals surface area contributed by atoms with Crippen LogP contribution in [0, 0.1) is 0 Å². The number of hydrogen-bond acceptors (Lipinski definition) is 3. The summed E-state index contributed by atoms with van der Waals surface area (Å²) >= 11 is 0. The van der Waals surface area contributed by atoms with Crippen molar-refractivity contribution in [2.45, 2.75) is 13.3 Å². The van der Waals surface area contributed by atoms with Gasteiger partial charge in [-0.2, -0.15) is 0 Å². The zero-order valence-corrected chi connectivity index (χ0v) is 9.16. The summed E-state index contributed by atoms with van der Waals surface area (Å²) in [6.45, 7) is 5.59. The first-order chi connectivity index (χ1) is 7.49. The Morgan fingerprint density at radius 3 is 2.38 bits per heavy atom. The lowest BCUT2D eigenvalue weighted by Gasteiger charge is -2.05. The molecule has 0 aliphatic heterocycles. The molecule has 3 N–H and O–H groups in total. The third-order valence-corrected chi connectivity index (χ3v) is 2.05. The summed E-state index contributed by atoms with van der Waals surface area (Å²) in [4.78, 5) is 11.2. The van der Waals surface area contributed by atoms with Gasteiger partial charge in [-0.25, -0.2) is 0 Å². The predicted octanol–water partition coefficient (Wildman–Crippen LogP) is 1.33. The minimum atomic E-state index is -0.190. The molecule has 0 atom stereocenters. The number of hydrogen-bond donors (Lipinski definition) is 3. The summed E-state index contributed by atoms with van der Waals surface area (Å²) < 4.78 is 0. The summed E-state index contributed by atoms with van der Waals surface area (Å²) in [5, 5.41) is 21.1. The molecule has 86 valence electrons. The Kier molecular flexibility index (Phi) is 3.94. The maximum Gasteiger partial charge on any atom is 0.246 e. The average Bonchev–Trinajstić information content (AvgIpc) is 2.15. The van der Waals surface area contributed by atoms with Crippen molar-refractivity contribution in [3.05, 3.63) is 35.9 Å². The van der Waals surface area contributed by atoms with E-state index in [9.17, 15) is 15.0 Å². The molecule has 0 saturated heterocycles. The first-order valence-electron chi connectivity index (χ1n) is 4.94. The molecule has 0 fully saturated rings. The normalized spacial score (nSPS) is 9.81. The van der Waals surface area contributed by atoms with Crippen LogP contribution in [0.1, 0.15) is 12.5 Å². The zero-order chi connectivity index (χ0) is 12.1. The number of rotatable bonds is 4. The first-order valence-corrected chi connectivity index (χ1v) is 4.94. The Labute approximate surface area is 94.2 Å². The van der Waals surface area contributed by atoms with Gasteiger partial charge in [0, 0.05) is 18.2 Å². The van der Waals surface area contributed by atoms with E-state index in [1.807, 2.05) is 0 Å². The summed E-state index contributed by atoms with van der Waals surface area (Å²) in [6.07, 6.45) is 0.543. The molecule has 0 saturated carbocycles. The highest BCUT2D eigenvalue weighted by atomic mass is 16.3. The molecule has 0 unspecified atom stereocenters. The van der Waals surface area contributed by atoms with Crippen LogP contribution in [0.2, 0.25) is 0 Å². The second-order valence-corrected chi connectivity index (χ2v) is 3.64. The molecule has 0 heterocycles. The second kappa shape index (κ2) is 5.21. The SMILES string of the molecule is C=C(C)C(=O)NCCc1cc(O)cc(O)c1. The Morgan fingerprint density at radius 1 is 1.31 bits per heavy atom. The first kappa shape index (κ1) is 12.1. The van der Waals surface area contributed by atoms with Gasteiger partial charge in [-0.3, -0.25) is 4.79 Å². The summed E-state index contributed by atoms with van der Waals surface area (Å²) in [6, 6.07) is 4.36. The summed E-state index contributed by atoms with van der Waals surface area (Å²) in [5.41, 5.74) is 1.22. The molecule has 4 nitrogen and oxygen atoms in total. The highest BCUT2D eigenvalue weighted by molar-refractivity contribution is 5.92. The van der Waals surface area contributed by atoms with Gasteiger partial charge in [0.15, 0.2) is 0 Å². The van der Waals surface area contributed by atoms with Gasteiger partial charge in [0.05, 0.1) is 0 Å². The van der Waals surface area contributed by atoms with E-state index in [0.29, 0.717) is 18.5 Å². The Bertz CT molecular complexity index is 392. The van der Waals surface area contributed by atoms with Crippen molar-refractivity contribution >= 4 is 5.91 Å². The van der Waals surface area contributed by atoms with Crippen molar-refractivity contribution in [2.24, 2.45) is 0 Å². The summed E-state index contributed by atoms with van der Waals surface area (Å²) in [5.74, 6) is -0.160. The van der Waals surface area contributed by atoms with Crippen molar-refractivity contribution in [3.63, 3.8) is 0 Å². The van der Waals surface area contributed by atoms with Crippen LogP contribution in [0.4, 0.5) is 0 Å². The molecular weight excluding hydrogens is 206 g/mol. The third kappa shape index (κ3) is 3.65. The molecule has 0 spiro atoms. The van der Waals surface area contributed by atoms with E-state index in [4.69, 9.17) is 0 Å². The molecule has 4 heteroatoms. The molecule has 0 aliphatic rings. The van der Waals surface area contributed by atoms with Gasteiger partial charge in [-0.15, -0.1) is 0 Å². The van der Waals surface area contributed by atoms with E-state index in [1.165, 1.54) is 6.07 Å². The maximum atomic E-state index is 11.2. The minimum Gasteiger partial charge on any atom is -0.508 e. The lowest BCUT2D eigenvalue weighted by molar-refractivity contribution is -0.117. The van der Waals surface area contributed by atoms with Crippen molar-refractivity contribution in [3.8, 4) is 11.5 Å². The quantitative estimate of drug-likeness (QED) is 0.672. The molecule has 0 aliphatic carbocycles. The van der Waals surface area contributed by atoms with E-state index in [0.717, 1.165) is 5.56 Å². The Morgan fingerprint density at radius 2 is 1.88 bits per heavy atom. The number of nitrogens with one attached hydrogen (secondary N) is 1. The third-order valence-electron chi connectivity index (χ3n) is 2.05. The van der Waals surface area contributed by atoms with Gasteiger partial charge in [0.1, 0.15) is 11.5 Å². The van der Waals surface area contributed by atoms with Crippen molar-refractivity contribution in [1.29, 1.82) is 0 Å². The van der Waals surface area contributed by atoms with Gasteiger partial charge < -0.3 is 15.5 Å². The number of aromatic hydroxyl groups is 2. The maximum absolute atomic E-state index is 11.2. The fourth-order valence-electron chi connectivity index (χ4n) is 1.27. The van der Waals surface area contributed by atoms with Crippen LogP contribution < -0.4 is 5.32 Å². The second-order valence-electron chi connectivity index (χ2n) is 3.64. The topological polar surface area (TPSA) is 69.6 Å². The number of benzene rings is 1. The number of amides is 1. The number of carbonyl (C=O) groups excluding carboxylic acids is 1. The molecule has 1 rings (SSSR count). The van der Waals surface area contributed by atoms with Crippen LogP contribution in [-0.2, 0) is 11.2 Å². The molecular formula is C12H15NO3. The van der Waals surface area contributed by atoms with Crippen molar-refractivity contribution in [2.75, 3.05) is 6.54 Å². The van der Waals surface area contributed by atoms with E-state index < -0.39 is 0 Å². The van der Waals surface area contributed by atoms with E-state index >= 15 is 0 Å². The van der Waals surface area contributed by atoms with Crippen LogP contribution >= 0.6 is 0 Å². The molecule has 1 aromatic carbocycles. The molecule has 1 amide bonds. The van der Waals surface area contributed by atoms with E-state index in [1.54, 1.807) is 19.1 Å². The predicted molar refractivity (Wildman–Crippen MR) is 61.3 cm³/mol. The molecule has 16 heavy (non-hydrogen) atoms. The highest BCUT2D eigenvalue weighted by Gasteiger charge is 2.02. The standard InChI is InChI=1S/C12H15NO3/c1-8(2)12(16)13-4-3-9-5-10(14)7-11(15)6-9/h5-7,14-15H,1,3-4H2,2H3,(H,13,16). The van der Waals surface area contributed by atoms with Crippen LogP contribution in [0.15, 0.2) is 30.4 Å². The van der Waals surface area contributed by atoms with Crippen LogP contribution in [0.25, 0.3) is 0 Å². The van der Waals surface area contributed by atoms with Gasteiger partial charge in [-0.05, 0) is 31.0 Å². The highest BCUT2D eigenvalue weighted by Crippen LogP contribution is 2.20. The van der Waals surface area contributed by atoms with Gasteiger partial charge >= 0.3 is 0 Å². The smallest absolute Gasteiger partial charge is 0.246 e. The van der Waals surface area contributed by atoms with Crippen molar-refractivity contribution < 1.29 is 15.0 Å². The average molecular weight is 221 g/mol. The molecule has 0 aromatic heterocycles. The van der Waals surface area contributed by atoms with E-state index in [2.05, 4.69) is 11.9 Å². The number of phenols is 2. The minimum absolute atomic E-state index is 0.0150. The Balaban J connectivity index is 2.49. The summed E-state index contributed by atoms with van der Waals surface area (Å²) in [7, 11) is 0. The van der Waals surface area contributed by atoms with E-state index in [-0.39, 0.29) is 17.4 Å². The Hall–Kier alpha value is -1.97. The lowest BCUT2D eigenvalue weighted by atomic mass is 10.1. The largest absolute Gasteiger partial charge is 0.508 e. The lowest BCUT2D eigenvalue weighted by Crippen LogP contribution is -2.25. The van der Waals surface area contributed by atoms with Crippen LogP contribution in [0.3, 0.4) is 0 Å². The monoisotopic (exact) mass is 221 g/mol. The van der Waals surface area contributed by atoms with Gasteiger partial charge in [-0.1, -0.05) is 6.58 Å². The molecule has 1 aromatic rings.